The summed E-state index contributed by atoms with van der Waals surface area (Å²) >= 11 is 0. The number of carbonyl (C=O) groups excluding carboxylic acids is 2. The zero-order valence-corrected chi connectivity index (χ0v) is 16.4. The van der Waals surface area contributed by atoms with E-state index in [4.69, 9.17) is 9.47 Å². The number of aliphatic hydroxyl groups is 1. The first-order valence-electron chi connectivity index (χ1n) is 9.18. The van der Waals surface area contributed by atoms with E-state index >= 15 is 0 Å². The maximum Gasteiger partial charge on any atom is 0.340 e. The summed E-state index contributed by atoms with van der Waals surface area (Å²) in [6, 6.07) is 20.2. The van der Waals surface area contributed by atoms with Crippen LogP contribution >= 0.6 is 0 Å². The van der Waals surface area contributed by atoms with Crippen LogP contribution in [0.25, 0.3) is 10.8 Å². The molecule has 0 aliphatic heterocycles. The van der Waals surface area contributed by atoms with Crippen LogP contribution in [0.2, 0.25) is 0 Å². The zero-order chi connectivity index (χ0) is 20.8. The number of aliphatic hydroxyl groups excluding tert-OH is 1. The van der Waals surface area contributed by atoms with Gasteiger partial charge in [-0.25, -0.2) is 4.79 Å². The van der Waals surface area contributed by atoms with Crippen molar-refractivity contribution < 1.29 is 24.2 Å². The Labute approximate surface area is 169 Å². The Bertz CT molecular complexity index is 1000. The molecule has 0 aliphatic carbocycles. The van der Waals surface area contributed by atoms with E-state index in [2.05, 4.69) is 0 Å². The van der Waals surface area contributed by atoms with E-state index < -0.39 is 18.7 Å². The summed E-state index contributed by atoms with van der Waals surface area (Å²) in [4.78, 5) is 25.8. The Kier molecular flexibility index (Phi) is 6.46. The lowest BCUT2D eigenvalue weighted by atomic mass is 10.1. The minimum atomic E-state index is -1.41. The Hall–Kier alpha value is -3.38. The average molecular weight is 393 g/mol. The second-order valence-electron chi connectivity index (χ2n) is 6.72. The summed E-state index contributed by atoms with van der Waals surface area (Å²) in [5.41, 5.74) is 1.38. The first-order chi connectivity index (χ1) is 14.0. The van der Waals surface area contributed by atoms with Gasteiger partial charge in [-0.2, -0.15) is 0 Å². The molecular formula is C23H23NO5. The van der Waals surface area contributed by atoms with E-state index in [1.165, 1.54) is 4.90 Å². The molecule has 0 aromatic heterocycles. The van der Waals surface area contributed by atoms with Gasteiger partial charge in [0.05, 0.1) is 7.11 Å². The topological polar surface area (TPSA) is 76.1 Å². The van der Waals surface area contributed by atoms with Gasteiger partial charge in [0.1, 0.15) is 5.75 Å². The number of esters is 1. The third-order valence-electron chi connectivity index (χ3n) is 4.63. The molecule has 0 heterocycles. The molecule has 0 spiro atoms. The van der Waals surface area contributed by atoms with Crippen LogP contribution < -0.4 is 4.74 Å². The Morgan fingerprint density at radius 2 is 1.69 bits per heavy atom. The molecule has 3 aromatic carbocycles. The normalized spacial score (nSPS) is 11.7. The summed E-state index contributed by atoms with van der Waals surface area (Å²) < 4.78 is 10.2. The van der Waals surface area contributed by atoms with Gasteiger partial charge in [-0.1, -0.05) is 48.5 Å². The van der Waals surface area contributed by atoms with Crippen molar-refractivity contribution in [2.75, 3.05) is 20.8 Å². The second-order valence-corrected chi connectivity index (χ2v) is 6.72. The largest absolute Gasteiger partial charge is 0.497 e. The van der Waals surface area contributed by atoms with Gasteiger partial charge in [0.15, 0.2) is 12.7 Å². The number of benzene rings is 3. The van der Waals surface area contributed by atoms with E-state index in [1.54, 1.807) is 44.5 Å². The summed E-state index contributed by atoms with van der Waals surface area (Å²) in [6.07, 6.45) is -1.41. The third kappa shape index (κ3) is 5.12. The van der Waals surface area contributed by atoms with Crippen molar-refractivity contribution in [3.63, 3.8) is 0 Å². The lowest BCUT2D eigenvalue weighted by molar-refractivity contribution is -0.159. The molecule has 0 unspecified atom stereocenters. The molecule has 1 atom stereocenters. The molecule has 6 heteroatoms. The molecule has 0 aliphatic rings. The Morgan fingerprint density at radius 1 is 1.00 bits per heavy atom. The first kappa shape index (κ1) is 20.4. The lowest BCUT2D eigenvalue weighted by Gasteiger charge is -2.18. The standard InChI is InChI=1S/C23H23NO5/c1-24(14-16-8-9-19-13-20(28-2)11-10-18(19)12-16)21(25)15-29-23(27)22(26)17-6-4-3-5-7-17/h3-13,22,26H,14-15H2,1-2H3/t22-/m0/s1. The molecule has 6 nitrogen and oxygen atoms in total. The maximum atomic E-state index is 12.3. The van der Waals surface area contributed by atoms with E-state index in [0.717, 1.165) is 22.1 Å². The van der Waals surface area contributed by atoms with Crippen LogP contribution in [0.1, 0.15) is 17.2 Å². The highest BCUT2D eigenvalue weighted by atomic mass is 16.5. The number of rotatable bonds is 7. The molecule has 0 saturated carbocycles. The molecule has 29 heavy (non-hydrogen) atoms. The zero-order valence-electron chi connectivity index (χ0n) is 16.4. The highest BCUT2D eigenvalue weighted by molar-refractivity contribution is 5.85. The van der Waals surface area contributed by atoms with Crippen molar-refractivity contribution in [1.29, 1.82) is 0 Å². The SMILES string of the molecule is COc1ccc2cc(CN(C)C(=O)COC(=O)[C@@H](O)c3ccccc3)ccc2c1. The van der Waals surface area contributed by atoms with Crippen LogP contribution in [0, 0.1) is 0 Å². The summed E-state index contributed by atoms with van der Waals surface area (Å²) in [5, 5.41) is 12.1. The number of ether oxygens (including phenoxy) is 2. The summed E-state index contributed by atoms with van der Waals surface area (Å²) in [6.45, 7) is -0.0520. The minimum absolute atomic E-state index is 0.353. The predicted molar refractivity (Wildman–Crippen MR) is 109 cm³/mol. The number of amides is 1. The van der Waals surface area contributed by atoms with Crippen LogP contribution in [0.15, 0.2) is 66.7 Å². The molecule has 1 amide bonds. The van der Waals surface area contributed by atoms with Crippen LogP contribution in [0.3, 0.4) is 0 Å². The maximum absolute atomic E-state index is 12.3. The van der Waals surface area contributed by atoms with Gasteiger partial charge in [0.2, 0.25) is 0 Å². The van der Waals surface area contributed by atoms with Crippen molar-refractivity contribution in [2.24, 2.45) is 0 Å². The van der Waals surface area contributed by atoms with E-state index in [-0.39, 0.29) is 5.91 Å². The van der Waals surface area contributed by atoms with Crippen molar-refractivity contribution >= 4 is 22.6 Å². The van der Waals surface area contributed by atoms with Crippen LogP contribution in [0.4, 0.5) is 0 Å². The lowest BCUT2D eigenvalue weighted by Crippen LogP contribution is -2.31. The number of nitrogens with zero attached hydrogens (tertiary/aromatic N) is 1. The summed E-state index contributed by atoms with van der Waals surface area (Å²) in [5.74, 6) is -0.414. The quantitative estimate of drug-likeness (QED) is 0.625. The van der Waals surface area contributed by atoms with Gasteiger partial charge in [-0.3, -0.25) is 4.79 Å². The van der Waals surface area contributed by atoms with Gasteiger partial charge in [0.25, 0.3) is 5.91 Å². The number of carbonyl (C=O) groups is 2. The van der Waals surface area contributed by atoms with Crippen molar-refractivity contribution in [3.05, 3.63) is 77.9 Å². The first-order valence-corrected chi connectivity index (χ1v) is 9.18. The Balaban J connectivity index is 1.56. The number of hydrogen-bond acceptors (Lipinski definition) is 5. The molecule has 3 aromatic rings. The third-order valence-corrected chi connectivity index (χ3v) is 4.63. The number of methoxy groups -OCH3 is 1. The highest BCUT2D eigenvalue weighted by Gasteiger charge is 2.20. The van der Waals surface area contributed by atoms with Gasteiger partial charge in [-0.15, -0.1) is 0 Å². The van der Waals surface area contributed by atoms with Crippen LogP contribution in [-0.2, 0) is 20.9 Å². The molecule has 0 bridgehead atoms. The molecular weight excluding hydrogens is 370 g/mol. The molecule has 1 N–H and O–H groups in total. The van der Waals surface area contributed by atoms with Crippen molar-refractivity contribution in [2.45, 2.75) is 12.6 Å². The second kappa shape index (κ2) is 9.21. The van der Waals surface area contributed by atoms with Crippen molar-refractivity contribution in [3.8, 4) is 5.75 Å². The minimum Gasteiger partial charge on any atom is -0.497 e. The molecule has 0 fully saturated rings. The summed E-state index contributed by atoms with van der Waals surface area (Å²) in [7, 11) is 3.27. The van der Waals surface area contributed by atoms with E-state index in [9.17, 15) is 14.7 Å². The van der Waals surface area contributed by atoms with E-state index in [1.807, 2.05) is 36.4 Å². The highest BCUT2D eigenvalue weighted by Crippen LogP contribution is 2.22. The van der Waals surface area contributed by atoms with Crippen LogP contribution in [0.5, 0.6) is 5.75 Å². The molecule has 0 saturated heterocycles. The van der Waals surface area contributed by atoms with Gasteiger partial charge < -0.3 is 19.5 Å². The average Bonchev–Trinajstić information content (AvgIpc) is 2.76. The molecule has 150 valence electrons. The number of fused-ring (bicyclic) bond motifs is 1. The van der Waals surface area contributed by atoms with Gasteiger partial charge in [0, 0.05) is 13.6 Å². The fourth-order valence-electron chi connectivity index (χ4n) is 2.95. The Morgan fingerprint density at radius 3 is 2.41 bits per heavy atom. The number of hydrogen-bond donors (Lipinski definition) is 1. The molecule has 0 radical (unpaired) electrons. The smallest absolute Gasteiger partial charge is 0.340 e. The predicted octanol–water partition coefficient (Wildman–Crippen LogP) is 3.08. The van der Waals surface area contributed by atoms with Gasteiger partial charge in [-0.05, 0) is 40.1 Å². The van der Waals surface area contributed by atoms with Crippen LogP contribution in [-0.4, -0.2) is 42.6 Å². The number of likely N-dealkylation sites (N-methyl/N-ethyl adjacent to an activating group) is 1. The van der Waals surface area contributed by atoms with Crippen molar-refractivity contribution in [1.82, 2.24) is 4.90 Å². The monoisotopic (exact) mass is 393 g/mol. The fraction of sp³-hybridized carbons (Fsp3) is 0.217. The van der Waals surface area contributed by atoms with E-state index in [0.29, 0.717) is 12.1 Å². The van der Waals surface area contributed by atoms with Gasteiger partial charge >= 0.3 is 5.97 Å². The fourth-order valence-corrected chi connectivity index (χ4v) is 2.95. The molecule has 3 rings (SSSR count).